The van der Waals surface area contributed by atoms with Crippen LogP contribution in [-0.4, -0.2) is 15.4 Å². The van der Waals surface area contributed by atoms with Gasteiger partial charge in [-0.1, -0.05) is 51.1 Å². The Hall–Kier alpha value is -0.683. The first-order valence-corrected chi connectivity index (χ1v) is 9.11. The SMILES string of the molecule is COC(OO[Si](C)(C)C(C)(C)C)c1ccccc1. The predicted octanol–water partition coefficient (Wildman–Crippen LogP) is 4.29. The largest absolute Gasteiger partial charge is 0.350 e. The number of hydrogen-bond acceptors (Lipinski definition) is 3. The Morgan fingerprint density at radius 1 is 1.06 bits per heavy atom. The molecule has 0 aliphatic rings. The molecule has 4 heteroatoms. The first-order valence-electron chi connectivity index (χ1n) is 6.20. The second kappa shape index (κ2) is 5.97. The number of rotatable bonds is 5. The van der Waals surface area contributed by atoms with Gasteiger partial charge in [0.05, 0.1) is 0 Å². The zero-order valence-electron chi connectivity index (χ0n) is 12.2. The van der Waals surface area contributed by atoms with Crippen LogP contribution in [0.5, 0.6) is 0 Å². The third-order valence-electron chi connectivity index (χ3n) is 3.44. The van der Waals surface area contributed by atoms with Gasteiger partial charge in [0.2, 0.25) is 14.6 Å². The molecule has 0 fully saturated rings. The lowest BCUT2D eigenvalue weighted by molar-refractivity contribution is -0.328. The zero-order chi connectivity index (χ0) is 13.8. The van der Waals surface area contributed by atoms with Crippen molar-refractivity contribution in [2.75, 3.05) is 7.11 Å². The fourth-order valence-electron chi connectivity index (χ4n) is 1.13. The van der Waals surface area contributed by atoms with Crippen LogP contribution in [-0.2, 0) is 14.2 Å². The van der Waals surface area contributed by atoms with E-state index >= 15 is 0 Å². The summed E-state index contributed by atoms with van der Waals surface area (Å²) >= 11 is 0. The number of hydrogen-bond donors (Lipinski definition) is 0. The van der Waals surface area contributed by atoms with Crippen LogP contribution in [0.3, 0.4) is 0 Å². The molecule has 0 saturated heterocycles. The van der Waals surface area contributed by atoms with Gasteiger partial charge in [0.25, 0.3) is 0 Å². The average molecular weight is 268 g/mol. The van der Waals surface area contributed by atoms with Crippen molar-refractivity contribution < 1.29 is 14.2 Å². The highest BCUT2D eigenvalue weighted by Gasteiger charge is 2.39. The van der Waals surface area contributed by atoms with Gasteiger partial charge in [-0.05, 0) is 18.1 Å². The van der Waals surface area contributed by atoms with E-state index in [1.54, 1.807) is 7.11 Å². The molecule has 1 atom stereocenters. The number of benzene rings is 1. The fourth-order valence-corrected chi connectivity index (χ4v) is 1.71. The van der Waals surface area contributed by atoms with E-state index in [4.69, 9.17) is 14.2 Å². The molecule has 0 aromatic heterocycles. The summed E-state index contributed by atoms with van der Waals surface area (Å²) in [4.78, 5) is 5.51. The van der Waals surface area contributed by atoms with Crippen LogP contribution < -0.4 is 0 Å². The van der Waals surface area contributed by atoms with E-state index in [1.165, 1.54) is 0 Å². The highest BCUT2D eigenvalue weighted by molar-refractivity contribution is 6.73. The summed E-state index contributed by atoms with van der Waals surface area (Å²) in [6, 6.07) is 9.80. The van der Waals surface area contributed by atoms with Gasteiger partial charge in [0.1, 0.15) is 0 Å². The standard InChI is InChI=1S/C14H24O3Si/c1-14(2,3)18(5,6)17-16-13(15-4)12-10-8-7-9-11-12/h7-11,13H,1-6H3. The molecule has 0 N–H and O–H groups in total. The maximum Gasteiger partial charge on any atom is 0.238 e. The Morgan fingerprint density at radius 3 is 2.06 bits per heavy atom. The summed E-state index contributed by atoms with van der Waals surface area (Å²) in [6.45, 7) is 10.8. The minimum absolute atomic E-state index is 0.113. The van der Waals surface area contributed by atoms with E-state index < -0.39 is 14.6 Å². The third-order valence-corrected chi connectivity index (χ3v) is 7.56. The molecule has 1 rings (SSSR count). The Kier molecular flexibility index (Phi) is 5.10. The van der Waals surface area contributed by atoms with Crippen LogP contribution in [0, 0.1) is 0 Å². The highest BCUT2D eigenvalue weighted by Crippen LogP contribution is 2.37. The molecule has 0 aliphatic carbocycles. The monoisotopic (exact) mass is 268 g/mol. The maximum absolute atomic E-state index is 5.72. The molecule has 1 aromatic rings. The third kappa shape index (κ3) is 3.92. The van der Waals surface area contributed by atoms with Crippen LogP contribution in [0.4, 0.5) is 0 Å². The molecule has 3 nitrogen and oxygen atoms in total. The summed E-state index contributed by atoms with van der Waals surface area (Å²) < 4.78 is 11.0. The first kappa shape index (κ1) is 15.4. The quantitative estimate of drug-likeness (QED) is 0.345. The van der Waals surface area contributed by atoms with Gasteiger partial charge < -0.3 is 4.74 Å². The molecule has 0 radical (unpaired) electrons. The van der Waals surface area contributed by atoms with Crippen LogP contribution >= 0.6 is 0 Å². The Bertz CT molecular complexity index is 357. The van der Waals surface area contributed by atoms with Crippen molar-refractivity contribution >= 4 is 8.32 Å². The first-order chi connectivity index (χ1) is 8.28. The van der Waals surface area contributed by atoms with Crippen LogP contribution in [0.2, 0.25) is 18.1 Å². The van der Waals surface area contributed by atoms with E-state index in [0.717, 1.165) is 5.56 Å². The minimum atomic E-state index is -1.92. The van der Waals surface area contributed by atoms with E-state index in [-0.39, 0.29) is 5.04 Å². The molecule has 1 unspecified atom stereocenters. The van der Waals surface area contributed by atoms with E-state index in [0.29, 0.717) is 0 Å². The Labute approximate surface area is 111 Å². The molecule has 0 amide bonds. The Balaban J connectivity index is 2.67. The second-order valence-corrected chi connectivity index (χ2v) is 10.6. The van der Waals surface area contributed by atoms with Gasteiger partial charge >= 0.3 is 0 Å². The normalized spacial score (nSPS) is 14.6. The van der Waals surface area contributed by atoms with Crippen LogP contribution in [0.1, 0.15) is 32.6 Å². The topological polar surface area (TPSA) is 27.7 Å². The number of ether oxygens (including phenoxy) is 1. The van der Waals surface area contributed by atoms with Crippen molar-refractivity contribution in [2.24, 2.45) is 0 Å². The van der Waals surface area contributed by atoms with E-state index in [2.05, 4.69) is 33.9 Å². The van der Waals surface area contributed by atoms with Gasteiger partial charge in [0.15, 0.2) is 0 Å². The van der Waals surface area contributed by atoms with Crippen molar-refractivity contribution in [3.63, 3.8) is 0 Å². The molecular weight excluding hydrogens is 244 g/mol. The number of methoxy groups -OCH3 is 1. The smallest absolute Gasteiger partial charge is 0.238 e. The van der Waals surface area contributed by atoms with Crippen molar-refractivity contribution in [1.82, 2.24) is 0 Å². The fraction of sp³-hybridized carbons (Fsp3) is 0.571. The van der Waals surface area contributed by atoms with Gasteiger partial charge in [-0.15, -0.1) is 0 Å². The molecule has 18 heavy (non-hydrogen) atoms. The zero-order valence-corrected chi connectivity index (χ0v) is 13.2. The molecule has 1 aromatic carbocycles. The van der Waals surface area contributed by atoms with Gasteiger partial charge in [-0.2, -0.15) is 0 Å². The lowest BCUT2D eigenvalue weighted by Gasteiger charge is -2.35. The molecule has 0 bridgehead atoms. The van der Waals surface area contributed by atoms with E-state index in [1.807, 2.05) is 30.3 Å². The van der Waals surface area contributed by atoms with Crippen molar-refractivity contribution in [2.45, 2.75) is 45.2 Å². The van der Waals surface area contributed by atoms with Crippen LogP contribution in [0.15, 0.2) is 30.3 Å². The molecule has 0 spiro atoms. The predicted molar refractivity (Wildman–Crippen MR) is 75.6 cm³/mol. The average Bonchev–Trinajstić information content (AvgIpc) is 2.29. The van der Waals surface area contributed by atoms with Gasteiger partial charge in [0, 0.05) is 12.7 Å². The van der Waals surface area contributed by atoms with Gasteiger partial charge in [-0.25, -0.2) is 4.89 Å². The second-order valence-electron chi connectivity index (χ2n) is 5.92. The summed E-state index contributed by atoms with van der Waals surface area (Å²) in [7, 11) is -0.301. The summed E-state index contributed by atoms with van der Waals surface area (Å²) in [5.41, 5.74) is 0.957. The molecule has 0 aliphatic heterocycles. The molecule has 0 heterocycles. The van der Waals surface area contributed by atoms with Gasteiger partial charge in [-0.3, -0.25) is 4.58 Å². The van der Waals surface area contributed by atoms with Crippen molar-refractivity contribution in [1.29, 1.82) is 0 Å². The van der Waals surface area contributed by atoms with E-state index in [9.17, 15) is 0 Å². The maximum atomic E-state index is 5.72. The molecular formula is C14H24O3Si. The van der Waals surface area contributed by atoms with Crippen molar-refractivity contribution in [3.8, 4) is 0 Å². The molecule has 102 valence electrons. The lowest BCUT2D eigenvalue weighted by atomic mass is 10.2. The van der Waals surface area contributed by atoms with Crippen LogP contribution in [0.25, 0.3) is 0 Å². The Morgan fingerprint density at radius 2 is 1.61 bits per heavy atom. The highest BCUT2D eigenvalue weighted by atomic mass is 28.4. The molecule has 0 saturated carbocycles. The summed E-state index contributed by atoms with van der Waals surface area (Å²) in [5, 5.41) is 0.113. The summed E-state index contributed by atoms with van der Waals surface area (Å²) in [6.07, 6.45) is -0.472. The van der Waals surface area contributed by atoms with Crippen molar-refractivity contribution in [3.05, 3.63) is 35.9 Å². The minimum Gasteiger partial charge on any atom is -0.350 e. The lowest BCUT2D eigenvalue weighted by Crippen LogP contribution is -2.41. The summed E-state index contributed by atoms with van der Waals surface area (Å²) in [5.74, 6) is 0.